The van der Waals surface area contributed by atoms with Crippen LogP contribution in [-0.4, -0.2) is 43.4 Å². The molecular formula is C11H17N3O4. The molecule has 0 radical (unpaired) electrons. The van der Waals surface area contributed by atoms with E-state index in [9.17, 15) is 10.1 Å². The lowest BCUT2D eigenvalue weighted by Gasteiger charge is -2.17. The monoisotopic (exact) mass is 255 g/mol. The third-order valence-corrected chi connectivity index (χ3v) is 2.38. The third kappa shape index (κ3) is 3.86. The molecule has 0 heterocycles. The zero-order valence-electron chi connectivity index (χ0n) is 10.3. The molecule has 1 atom stereocenters. The van der Waals surface area contributed by atoms with Crippen LogP contribution < -0.4 is 10.6 Å². The first kappa shape index (κ1) is 14.2. The van der Waals surface area contributed by atoms with Gasteiger partial charge in [-0.15, -0.1) is 0 Å². The Morgan fingerprint density at radius 1 is 1.44 bits per heavy atom. The number of ether oxygens (including phenoxy) is 1. The van der Waals surface area contributed by atoms with Gasteiger partial charge >= 0.3 is 0 Å². The molecule has 1 rings (SSSR count). The molecular weight excluding hydrogens is 238 g/mol. The van der Waals surface area contributed by atoms with E-state index in [0.717, 1.165) is 0 Å². The zero-order chi connectivity index (χ0) is 13.5. The molecule has 1 aromatic carbocycles. The Morgan fingerprint density at radius 2 is 2.11 bits per heavy atom. The second-order valence-electron chi connectivity index (χ2n) is 3.75. The number of nitro benzene ring substituents is 1. The average Bonchev–Trinajstić information content (AvgIpc) is 2.37. The van der Waals surface area contributed by atoms with Gasteiger partial charge in [0.25, 0.3) is 5.69 Å². The van der Waals surface area contributed by atoms with Crippen LogP contribution in [0.5, 0.6) is 0 Å². The summed E-state index contributed by atoms with van der Waals surface area (Å²) in [6.45, 7) is 0.194. The summed E-state index contributed by atoms with van der Waals surface area (Å²) >= 11 is 0. The second kappa shape index (κ2) is 6.77. The molecule has 0 fully saturated rings. The van der Waals surface area contributed by atoms with Crippen molar-refractivity contribution >= 4 is 17.1 Å². The number of anilines is 2. The predicted molar refractivity (Wildman–Crippen MR) is 69.0 cm³/mol. The van der Waals surface area contributed by atoms with Crippen molar-refractivity contribution in [2.24, 2.45) is 0 Å². The van der Waals surface area contributed by atoms with Gasteiger partial charge in [0.1, 0.15) is 0 Å². The Kier molecular flexibility index (Phi) is 5.34. The average molecular weight is 255 g/mol. The molecule has 0 spiro atoms. The fraction of sp³-hybridized carbons (Fsp3) is 0.455. The molecule has 0 aliphatic heterocycles. The summed E-state index contributed by atoms with van der Waals surface area (Å²) in [6.07, 6.45) is 0. The van der Waals surface area contributed by atoms with Gasteiger partial charge in [-0.1, -0.05) is 0 Å². The molecule has 0 saturated carbocycles. The summed E-state index contributed by atoms with van der Waals surface area (Å²) in [4.78, 5) is 10.3. The Bertz CT molecular complexity index is 411. The number of hydrogen-bond acceptors (Lipinski definition) is 6. The standard InChI is InChI=1S/C11H17N3O4/c1-12-8-3-9(5-11(4-8)14(16)17)13-10(6-15)7-18-2/h3-5,10,12-13,15H,6-7H2,1-2H3. The van der Waals surface area contributed by atoms with Crippen LogP contribution >= 0.6 is 0 Å². The summed E-state index contributed by atoms with van der Waals surface area (Å²) in [5, 5.41) is 25.7. The van der Waals surface area contributed by atoms with Crippen LogP contribution in [0.3, 0.4) is 0 Å². The highest BCUT2D eigenvalue weighted by Gasteiger charge is 2.12. The minimum absolute atomic E-state index is 0.0153. The molecule has 0 amide bonds. The maximum Gasteiger partial charge on any atom is 0.273 e. The number of aliphatic hydroxyl groups is 1. The molecule has 7 heteroatoms. The zero-order valence-corrected chi connectivity index (χ0v) is 10.3. The lowest BCUT2D eigenvalue weighted by atomic mass is 10.2. The molecule has 0 saturated heterocycles. The molecule has 0 aliphatic rings. The van der Waals surface area contributed by atoms with Gasteiger partial charge in [0.15, 0.2) is 0 Å². The van der Waals surface area contributed by atoms with E-state index in [2.05, 4.69) is 10.6 Å². The highest BCUT2D eigenvalue weighted by Crippen LogP contribution is 2.24. The van der Waals surface area contributed by atoms with Crippen LogP contribution in [-0.2, 0) is 4.74 Å². The topological polar surface area (TPSA) is 96.7 Å². The second-order valence-corrected chi connectivity index (χ2v) is 3.75. The van der Waals surface area contributed by atoms with Gasteiger partial charge in [0, 0.05) is 37.7 Å². The number of nitrogens with one attached hydrogen (secondary N) is 2. The molecule has 1 aromatic rings. The van der Waals surface area contributed by atoms with Crippen LogP contribution in [0, 0.1) is 10.1 Å². The van der Waals surface area contributed by atoms with E-state index in [0.29, 0.717) is 18.0 Å². The highest BCUT2D eigenvalue weighted by atomic mass is 16.6. The maximum atomic E-state index is 10.8. The van der Waals surface area contributed by atoms with Crippen LogP contribution in [0.25, 0.3) is 0 Å². The van der Waals surface area contributed by atoms with Gasteiger partial charge in [-0.2, -0.15) is 0 Å². The third-order valence-electron chi connectivity index (χ3n) is 2.38. The lowest BCUT2D eigenvalue weighted by Crippen LogP contribution is -2.28. The van der Waals surface area contributed by atoms with Crippen LogP contribution in [0.15, 0.2) is 18.2 Å². The number of aliphatic hydroxyl groups excluding tert-OH is 1. The Morgan fingerprint density at radius 3 is 2.61 bits per heavy atom. The highest BCUT2D eigenvalue weighted by molar-refractivity contribution is 5.63. The van der Waals surface area contributed by atoms with Crippen molar-refractivity contribution in [3.05, 3.63) is 28.3 Å². The summed E-state index contributed by atoms with van der Waals surface area (Å²) in [6, 6.07) is 4.28. The van der Waals surface area contributed by atoms with Crippen molar-refractivity contribution in [2.75, 3.05) is 38.0 Å². The van der Waals surface area contributed by atoms with Gasteiger partial charge in [-0.05, 0) is 6.07 Å². The molecule has 1 unspecified atom stereocenters. The number of nitro groups is 1. The molecule has 0 aliphatic carbocycles. The van der Waals surface area contributed by atoms with Crippen molar-refractivity contribution in [3.8, 4) is 0 Å². The van der Waals surface area contributed by atoms with E-state index in [1.165, 1.54) is 19.2 Å². The molecule has 7 nitrogen and oxygen atoms in total. The maximum absolute atomic E-state index is 10.8. The van der Waals surface area contributed by atoms with Crippen molar-refractivity contribution in [3.63, 3.8) is 0 Å². The van der Waals surface area contributed by atoms with E-state index < -0.39 is 4.92 Å². The van der Waals surface area contributed by atoms with Crippen LogP contribution in [0.1, 0.15) is 0 Å². The Hall–Kier alpha value is -1.86. The summed E-state index contributed by atoms with van der Waals surface area (Å²) in [7, 11) is 3.21. The van der Waals surface area contributed by atoms with Gasteiger partial charge in [-0.3, -0.25) is 10.1 Å². The van der Waals surface area contributed by atoms with Crippen molar-refractivity contribution in [1.82, 2.24) is 0 Å². The Balaban J connectivity index is 2.93. The first-order chi connectivity index (χ1) is 8.60. The van der Waals surface area contributed by atoms with Gasteiger partial charge in [0.05, 0.1) is 24.2 Å². The fourth-order valence-corrected chi connectivity index (χ4v) is 1.52. The minimum Gasteiger partial charge on any atom is -0.394 e. The number of hydrogen-bond donors (Lipinski definition) is 3. The van der Waals surface area contributed by atoms with Crippen molar-refractivity contribution < 1.29 is 14.8 Å². The fourth-order valence-electron chi connectivity index (χ4n) is 1.52. The first-order valence-corrected chi connectivity index (χ1v) is 5.44. The number of nitrogens with zero attached hydrogens (tertiary/aromatic N) is 1. The van der Waals surface area contributed by atoms with Gasteiger partial charge < -0.3 is 20.5 Å². The molecule has 100 valence electrons. The first-order valence-electron chi connectivity index (χ1n) is 5.44. The number of methoxy groups -OCH3 is 1. The van der Waals surface area contributed by atoms with E-state index in [1.54, 1.807) is 13.1 Å². The largest absolute Gasteiger partial charge is 0.394 e. The van der Waals surface area contributed by atoms with E-state index in [4.69, 9.17) is 9.84 Å². The summed E-state index contributed by atoms with van der Waals surface area (Å²) in [5.74, 6) is 0. The van der Waals surface area contributed by atoms with E-state index >= 15 is 0 Å². The van der Waals surface area contributed by atoms with Gasteiger partial charge in [0.2, 0.25) is 0 Å². The molecule has 0 bridgehead atoms. The quantitative estimate of drug-likeness (QED) is 0.498. The predicted octanol–water partition coefficient (Wildman–Crippen LogP) is 1.06. The molecule has 3 N–H and O–H groups in total. The van der Waals surface area contributed by atoms with Crippen molar-refractivity contribution in [2.45, 2.75) is 6.04 Å². The smallest absolute Gasteiger partial charge is 0.273 e. The van der Waals surface area contributed by atoms with Crippen LogP contribution in [0.2, 0.25) is 0 Å². The minimum atomic E-state index is -0.462. The summed E-state index contributed by atoms with van der Waals surface area (Å²) < 4.78 is 4.93. The van der Waals surface area contributed by atoms with E-state index in [-0.39, 0.29) is 18.3 Å². The lowest BCUT2D eigenvalue weighted by molar-refractivity contribution is -0.384. The number of non-ortho nitro benzene ring substituents is 1. The molecule has 0 aromatic heterocycles. The Labute approximate surface area is 105 Å². The van der Waals surface area contributed by atoms with Crippen molar-refractivity contribution in [1.29, 1.82) is 0 Å². The van der Waals surface area contributed by atoms with E-state index in [1.807, 2.05) is 0 Å². The number of benzene rings is 1. The summed E-state index contributed by atoms with van der Waals surface area (Å²) in [5.41, 5.74) is 1.17. The van der Waals surface area contributed by atoms with Gasteiger partial charge in [-0.25, -0.2) is 0 Å². The normalized spacial score (nSPS) is 11.9. The SMILES string of the molecule is CNc1cc(NC(CO)COC)cc([N+](=O)[O-])c1. The van der Waals surface area contributed by atoms with Crippen LogP contribution in [0.4, 0.5) is 17.1 Å². The molecule has 18 heavy (non-hydrogen) atoms. The number of rotatable bonds is 7.